The van der Waals surface area contributed by atoms with Crippen LogP contribution in [0, 0.1) is 0 Å². The van der Waals surface area contributed by atoms with Crippen molar-refractivity contribution in [2.24, 2.45) is 0 Å². The van der Waals surface area contributed by atoms with Gasteiger partial charge in [0.2, 0.25) is 0 Å². The number of nitrogens with zero attached hydrogens (tertiary/aromatic N) is 1. The summed E-state index contributed by atoms with van der Waals surface area (Å²) in [6.45, 7) is 1.22. The SMILES string of the molecule is O=C(O)c1ccnc(/C=C/C2(O)CCC3(CC2)OCCO3)c1. The molecule has 6 nitrogen and oxygen atoms in total. The van der Waals surface area contributed by atoms with E-state index in [0.717, 1.165) is 0 Å². The highest BCUT2D eigenvalue weighted by Crippen LogP contribution is 2.40. The van der Waals surface area contributed by atoms with E-state index in [0.29, 0.717) is 44.6 Å². The molecule has 2 N–H and O–H groups in total. The minimum Gasteiger partial charge on any atom is -0.478 e. The lowest BCUT2D eigenvalue weighted by Crippen LogP contribution is -2.42. The number of ether oxygens (including phenoxy) is 2. The summed E-state index contributed by atoms with van der Waals surface area (Å²) in [4.78, 5) is 15.0. The summed E-state index contributed by atoms with van der Waals surface area (Å²) in [5, 5.41) is 19.6. The van der Waals surface area contributed by atoms with Gasteiger partial charge < -0.3 is 19.7 Å². The van der Waals surface area contributed by atoms with Crippen LogP contribution in [0.4, 0.5) is 0 Å². The first-order chi connectivity index (χ1) is 10.5. The van der Waals surface area contributed by atoms with Gasteiger partial charge in [-0.05, 0) is 31.1 Å². The van der Waals surface area contributed by atoms with Gasteiger partial charge in [0, 0.05) is 19.0 Å². The van der Waals surface area contributed by atoms with E-state index in [1.54, 1.807) is 12.2 Å². The Labute approximate surface area is 128 Å². The van der Waals surface area contributed by atoms with Crippen LogP contribution in [0.25, 0.3) is 6.08 Å². The Kier molecular flexibility index (Phi) is 3.99. The summed E-state index contributed by atoms with van der Waals surface area (Å²) in [6.07, 6.45) is 7.20. The fourth-order valence-corrected chi connectivity index (χ4v) is 2.93. The standard InChI is InChI=1S/C16H19NO5/c18-14(19)12-2-8-17-13(11-12)1-3-15(20)4-6-16(7-5-15)21-9-10-22-16/h1-3,8,11,20H,4-7,9-10H2,(H,18,19)/b3-1+. The van der Waals surface area contributed by atoms with Gasteiger partial charge in [0.15, 0.2) is 5.79 Å². The molecule has 0 amide bonds. The molecule has 2 fully saturated rings. The van der Waals surface area contributed by atoms with Crippen LogP contribution in [0.5, 0.6) is 0 Å². The Morgan fingerprint density at radius 2 is 1.91 bits per heavy atom. The largest absolute Gasteiger partial charge is 0.478 e. The van der Waals surface area contributed by atoms with Gasteiger partial charge in [-0.15, -0.1) is 0 Å². The Morgan fingerprint density at radius 3 is 2.55 bits per heavy atom. The first kappa shape index (κ1) is 15.1. The molecule has 6 heteroatoms. The van der Waals surface area contributed by atoms with Crippen molar-refractivity contribution in [2.45, 2.75) is 37.1 Å². The Bertz CT molecular complexity index is 582. The second kappa shape index (κ2) is 5.79. The molecule has 1 saturated heterocycles. The average molecular weight is 305 g/mol. The molecule has 0 radical (unpaired) electrons. The smallest absolute Gasteiger partial charge is 0.335 e. The maximum Gasteiger partial charge on any atom is 0.335 e. The number of carbonyl (C=O) groups is 1. The molecule has 118 valence electrons. The summed E-state index contributed by atoms with van der Waals surface area (Å²) in [6, 6.07) is 2.92. The van der Waals surface area contributed by atoms with Gasteiger partial charge >= 0.3 is 5.97 Å². The number of hydrogen-bond donors (Lipinski definition) is 2. The third kappa shape index (κ3) is 3.19. The fourth-order valence-electron chi connectivity index (χ4n) is 2.93. The van der Waals surface area contributed by atoms with Gasteiger partial charge in [0.05, 0.1) is 30.1 Å². The van der Waals surface area contributed by atoms with Crippen LogP contribution < -0.4 is 0 Å². The van der Waals surface area contributed by atoms with Crippen molar-refractivity contribution in [3.8, 4) is 0 Å². The van der Waals surface area contributed by atoms with Crippen LogP contribution in [0.2, 0.25) is 0 Å². The fraction of sp³-hybridized carbons (Fsp3) is 0.500. The molecule has 2 aliphatic rings. The zero-order valence-corrected chi connectivity index (χ0v) is 12.2. The molecular formula is C16H19NO5. The number of rotatable bonds is 3. The molecule has 0 bridgehead atoms. The molecule has 1 spiro atoms. The molecule has 0 aromatic carbocycles. The van der Waals surface area contributed by atoms with E-state index in [1.165, 1.54) is 18.3 Å². The van der Waals surface area contributed by atoms with E-state index < -0.39 is 17.4 Å². The molecule has 22 heavy (non-hydrogen) atoms. The molecule has 1 aromatic heterocycles. The quantitative estimate of drug-likeness (QED) is 0.886. The normalized spacial score (nSPS) is 23.1. The molecule has 3 rings (SSSR count). The third-order valence-corrected chi connectivity index (χ3v) is 4.28. The van der Waals surface area contributed by atoms with Crippen molar-refractivity contribution < 1.29 is 24.5 Å². The van der Waals surface area contributed by atoms with Crippen LogP contribution >= 0.6 is 0 Å². The van der Waals surface area contributed by atoms with Crippen molar-refractivity contribution in [1.82, 2.24) is 4.98 Å². The Balaban J connectivity index is 1.67. The summed E-state index contributed by atoms with van der Waals surface area (Å²) < 4.78 is 11.3. The lowest BCUT2D eigenvalue weighted by molar-refractivity contribution is -0.196. The van der Waals surface area contributed by atoms with Gasteiger partial charge in [0.1, 0.15) is 0 Å². The zero-order valence-electron chi connectivity index (χ0n) is 12.2. The molecule has 2 heterocycles. The van der Waals surface area contributed by atoms with Gasteiger partial charge in [-0.1, -0.05) is 6.08 Å². The number of hydrogen-bond acceptors (Lipinski definition) is 5. The van der Waals surface area contributed by atoms with E-state index >= 15 is 0 Å². The Morgan fingerprint density at radius 1 is 1.23 bits per heavy atom. The zero-order chi connectivity index (χ0) is 15.6. The summed E-state index contributed by atoms with van der Waals surface area (Å²) >= 11 is 0. The van der Waals surface area contributed by atoms with E-state index in [9.17, 15) is 9.90 Å². The van der Waals surface area contributed by atoms with Gasteiger partial charge in [0.25, 0.3) is 0 Å². The molecular weight excluding hydrogens is 286 g/mol. The highest BCUT2D eigenvalue weighted by Gasteiger charge is 2.44. The third-order valence-electron chi connectivity index (χ3n) is 4.28. The lowest BCUT2D eigenvalue weighted by atomic mass is 9.81. The van der Waals surface area contributed by atoms with Gasteiger partial charge in [-0.25, -0.2) is 4.79 Å². The van der Waals surface area contributed by atoms with E-state index in [-0.39, 0.29) is 5.56 Å². The molecule has 1 saturated carbocycles. The maximum absolute atomic E-state index is 10.9. The van der Waals surface area contributed by atoms with Crippen molar-refractivity contribution in [3.63, 3.8) is 0 Å². The van der Waals surface area contributed by atoms with Gasteiger partial charge in [-0.2, -0.15) is 0 Å². The van der Waals surface area contributed by atoms with E-state index in [4.69, 9.17) is 14.6 Å². The monoisotopic (exact) mass is 305 g/mol. The molecule has 0 unspecified atom stereocenters. The molecule has 0 atom stereocenters. The van der Waals surface area contributed by atoms with Crippen LogP contribution in [0.3, 0.4) is 0 Å². The first-order valence-electron chi connectivity index (χ1n) is 7.39. The summed E-state index contributed by atoms with van der Waals surface area (Å²) in [5.74, 6) is -1.51. The number of aromatic carboxylic acids is 1. The number of carboxylic acid groups (broad SMARTS) is 1. The second-order valence-corrected chi connectivity index (χ2v) is 5.82. The van der Waals surface area contributed by atoms with Crippen molar-refractivity contribution >= 4 is 12.0 Å². The van der Waals surface area contributed by atoms with Crippen LogP contribution in [0.1, 0.15) is 41.7 Å². The maximum atomic E-state index is 10.9. The second-order valence-electron chi connectivity index (χ2n) is 5.82. The van der Waals surface area contributed by atoms with E-state index in [1.807, 2.05) is 0 Å². The minimum absolute atomic E-state index is 0.178. The summed E-state index contributed by atoms with van der Waals surface area (Å²) in [5.41, 5.74) is -0.236. The number of carboxylic acids is 1. The van der Waals surface area contributed by atoms with Crippen molar-refractivity contribution in [3.05, 3.63) is 35.7 Å². The topological polar surface area (TPSA) is 88.9 Å². The number of pyridine rings is 1. The van der Waals surface area contributed by atoms with E-state index in [2.05, 4.69) is 4.98 Å². The highest BCUT2D eigenvalue weighted by atomic mass is 16.7. The van der Waals surface area contributed by atoms with Crippen molar-refractivity contribution in [1.29, 1.82) is 0 Å². The van der Waals surface area contributed by atoms with Crippen molar-refractivity contribution in [2.75, 3.05) is 13.2 Å². The van der Waals surface area contributed by atoms with Crippen LogP contribution in [-0.4, -0.2) is 45.8 Å². The number of aromatic nitrogens is 1. The predicted molar refractivity (Wildman–Crippen MR) is 78.3 cm³/mol. The van der Waals surface area contributed by atoms with Gasteiger partial charge in [-0.3, -0.25) is 4.98 Å². The molecule has 1 aliphatic heterocycles. The summed E-state index contributed by atoms with van der Waals surface area (Å²) in [7, 11) is 0. The first-order valence-corrected chi connectivity index (χ1v) is 7.39. The molecule has 1 aliphatic carbocycles. The lowest BCUT2D eigenvalue weighted by Gasteiger charge is -2.39. The van der Waals surface area contributed by atoms with Crippen LogP contribution in [-0.2, 0) is 9.47 Å². The average Bonchev–Trinajstić information content (AvgIpc) is 2.98. The van der Waals surface area contributed by atoms with Crippen LogP contribution in [0.15, 0.2) is 24.4 Å². The Hall–Kier alpha value is -1.76. The highest BCUT2D eigenvalue weighted by molar-refractivity contribution is 5.87. The molecule has 1 aromatic rings. The minimum atomic E-state index is -0.995. The predicted octanol–water partition coefficient (Wildman–Crippen LogP) is 1.84. The number of aliphatic hydroxyl groups is 1.